The molecular formula is C37H25NO3. The summed E-state index contributed by atoms with van der Waals surface area (Å²) in [5.74, 6) is 3.15. The van der Waals surface area contributed by atoms with Crippen LogP contribution in [0.15, 0.2) is 132 Å². The van der Waals surface area contributed by atoms with Crippen molar-refractivity contribution in [2.45, 2.75) is 6.92 Å². The van der Waals surface area contributed by atoms with Gasteiger partial charge in [0.2, 0.25) is 0 Å². The Labute approximate surface area is 237 Å². The van der Waals surface area contributed by atoms with Crippen molar-refractivity contribution >= 4 is 50.1 Å². The fourth-order valence-corrected chi connectivity index (χ4v) is 5.87. The van der Waals surface area contributed by atoms with Crippen LogP contribution < -0.4 is 14.4 Å². The summed E-state index contributed by atoms with van der Waals surface area (Å²) in [6, 6.07) is 34.7. The predicted octanol–water partition coefficient (Wildman–Crippen LogP) is 10.9. The zero-order valence-electron chi connectivity index (χ0n) is 22.4. The van der Waals surface area contributed by atoms with Crippen molar-refractivity contribution in [1.82, 2.24) is 0 Å². The molecule has 4 heteroatoms. The van der Waals surface area contributed by atoms with Crippen LogP contribution in [0, 0.1) is 0 Å². The first-order valence-electron chi connectivity index (χ1n) is 13.6. The number of rotatable bonds is 4. The summed E-state index contributed by atoms with van der Waals surface area (Å²) >= 11 is 0. The third-order valence-corrected chi connectivity index (χ3v) is 7.83. The van der Waals surface area contributed by atoms with Crippen molar-refractivity contribution in [1.29, 1.82) is 0 Å². The van der Waals surface area contributed by atoms with E-state index in [0.717, 1.165) is 84.3 Å². The molecule has 0 saturated carbocycles. The van der Waals surface area contributed by atoms with Crippen molar-refractivity contribution in [3.63, 3.8) is 0 Å². The molecule has 0 atom stereocenters. The lowest BCUT2D eigenvalue weighted by Crippen LogP contribution is -2.20. The van der Waals surface area contributed by atoms with Gasteiger partial charge < -0.3 is 13.9 Å². The van der Waals surface area contributed by atoms with E-state index in [4.69, 9.17) is 13.9 Å². The minimum absolute atomic E-state index is 0.766. The number of hydrogen-bond donors (Lipinski definition) is 0. The summed E-state index contributed by atoms with van der Waals surface area (Å²) in [4.78, 5) is 2.23. The van der Waals surface area contributed by atoms with Crippen LogP contribution in [0.25, 0.3) is 33.1 Å². The number of hydrogen-bond acceptors (Lipinski definition) is 4. The summed E-state index contributed by atoms with van der Waals surface area (Å²) in [7, 11) is 0. The molecule has 41 heavy (non-hydrogen) atoms. The van der Waals surface area contributed by atoms with Crippen molar-refractivity contribution in [2.24, 2.45) is 0 Å². The number of fused-ring (bicyclic) bond motifs is 7. The lowest BCUT2D eigenvalue weighted by molar-refractivity contribution is 0.446. The summed E-state index contributed by atoms with van der Waals surface area (Å²) in [6.45, 7) is 6.25. The van der Waals surface area contributed by atoms with Gasteiger partial charge in [-0.1, -0.05) is 79.4 Å². The molecule has 0 saturated heterocycles. The van der Waals surface area contributed by atoms with Gasteiger partial charge in [0.05, 0.1) is 11.4 Å². The summed E-state index contributed by atoms with van der Waals surface area (Å²) in [5, 5.41) is 2.26. The molecule has 5 aromatic carbocycles. The minimum atomic E-state index is 0.766. The first-order valence-corrected chi connectivity index (χ1v) is 13.6. The smallest absolute Gasteiger partial charge is 0.155 e. The molecule has 2 aliphatic rings. The number of nitrogens with zero attached hydrogens (tertiary/aromatic N) is 1. The second kappa shape index (κ2) is 9.04. The number of allylic oxidation sites excluding steroid dienone is 5. The molecule has 0 aliphatic carbocycles. The Balaban J connectivity index is 1.20. The Morgan fingerprint density at radius 2 is 1.39 bits per heavy atom. The average Bonchev–Trinajstić information content (AvgIpc) is 3.40. The SMILES string of the molecule is C=C/C(=C\C=C(/C)c1cccc2oc3ccccc3c12)c1ccc2c(c1)Oc1cccc3c1N2c1ccccc1O3. The molecule has 0 fully saturated rings. The Kier molecular flexibility index (Phi) is 5.16. The topological polar surface area (TPSA) is 34.8 Å². The van der Waals surface area contributed by atoms with Crippen LogP contribution in [-0.2, 0) is 0 Å². The Hall–Kier alpha value is -5.48. The van der Waals surface area contributed by atoms with Crippen molar-refractivity contribution < 1.29 is 13.9 Å². The van der Waals surface area contributed by atoms with E-state index in [1.54, 1.807) is 0 Å². The van der Waals surface area contributed by atoms with E-state index in [-0.39, 0.29) is 0 Å². The molecule has 196 valence electrons. The van der Waals surface area contributed by atoms with E-state index < -0.39 is 0 Å². The van der Waals surface area contributed by atoms with E-state index in [1.807, 2.05) is 66.7 Å². The van der Waals surface area contributed by atoms with Gasteiger partial charge >= 0.3 is 0 Å². The van der Waals surface area contributed by atoms with Gasteiger partial charge in [0, 0.05) is 10.8 Å². The van der Waals surface area contributed by atoms with E-state index in [1.165, 1.54) is 0 Å². The van der Waals surface area contributed by atoms with Crippen LogP contribution in [0.2, 0.25) is 0 Å². The molecule has 8 rings (SSSR count). The van der Waals surface area contributed by atoms with Gasteiger partial charge in [0.1, 0.15) is 16.9 Å². The first kappa shape index (κ1) is 23.4. The molecule has 0 amide bonds. The highest BCUT2D eigenvalue weighted by molar-refractivity contribution is 6.10. The quantitative estimate of drug-likeness (QED) is 0.212. The van der Waals surface area contributed by atoms with Crippen LogP contribution in [0.4, 0.5) is 17.1 Å². The Morgan fingerprint density at radius 3 is 2.27 bits per heavy atom. The standard InChI is InChI=1S/C37H25NO3/c1-3-24(19-18-23(2)26-11-8-15-32-36(26)27-10-4-6-13-30(27)39-32)25-20-21-29-35(22-25)41-34-17-9-16-33-37(34)38(29)28-12-5-7-14-31(28)40-33/h3-22H,1H2,2H3/b23-18+,24-19+. The fraction of sp³-hybridized carbons (Fsp3) is 0.0270. The van der Waals surface area contributed by atoms with Gasteiger partial charge in [-0.2, -0.15) is 0 Å². The Bertz CT molecular complexity index is 2100. The van der Waals surface area contributed by atoms with Crippen LogP contribution in [-0.4, -0.2) is 0 Å². The maximum atomic E-state index is 6.44. The van der Waals surface area contributed by atoms with Crippen molar-refractivity contribution in [2.75, 3.05) is 4.90 Å². The van der Waals surface area contributed by atoms with Crippen LogP contribution in [0.3, 0.4) is 0 Å². The maximum absolute atomic E-state index is 6.44. The zero-order valence-corrected chi connectivity index (χ0v) is 22.4. The molecule has 1 aromatic heterocycles. The van der Waals surface area contributed by atoms with Crippen LogP contribution in [0.5, 0.6) is 23.0 Å². The average molecular weight is 532 g/mol. The summed E-state index contributed by atoms with van der Waals surface area (Å²) < 4.78 is 18.7. The van der Waals surface area contributed by atoms with E-state index in [9.17, 15) is 0 Å². The number of furan rings is 1. The first-order chi connectivity index (χ1) is 20.2. The van der Waals surface area contributed by atoms with Gasteiger partial charge in [0.15, 0.2) is 23.0 Å². The third kappa shape index (κ3) is 3.61. The lowest BCUT2D eigenvalue weighted by atomic mass is 9.98. The molecule has 0 unspecified atom stereocenters. The van der Waals surface area contributed by atoms with Crippen LogP contribution >= 0.6 is 0 Å². The van der Waals surface area contributed by atoms with Crippen LogP contribution in [0.1, 0.15) is 18.1 Å². The van der Waals surface area contributed by atoms with E-state index in [2.05, 4.69) is 73.0 Å². The second-order valence-electron chi connectivity index (χ2n) is 10.2. The van der Waals surface area contributed by atoms with E-state index >= 15 is 0 Å². The largest absolute Gasteiger partial charge is 0.456 e. The van der Waals surface area contributed by atoms with Crippen molar-refractivity contribution in [3.05, 3.63) is 139 Å². The molecule has 2 aliphatic heterocycles. The highest BCUT2D eigenvalue weighted by Crippen LogP contribution is 2.59. The van der Waals surface area contributed by atoms with Gasteiger partial charge in [-0.05, 0) is 77.7 Å². The number of anilines is 3. The predicted molar refractivity (Wildman–Crippen MR) is 167 cm³/mol. The highest BCUT2D eigenvalue weighted by atomic mass is 16.5. The molecule has 0 bridgehead atoms. The zero-order chi connectivity index (χ0) is 27.5. The van der Waals surface area contributed by atoms with Gasteiger partial charge in [-0.3, -0.25) is 4.90 Å². The fourth-order valence-electron chi connectivity index (χ4n) is 5.87. The monoisotopic (exact) mass is 531 g/mol. The summed E-state index contributed by atoms with van der Waals surface area (Å²) in [6.07, 6.45) is 6.15. The number of para-hydroxylation sites is 4. The minimum Gasteiger partial charge on any atom is -0.456 e. The normalized spacial score (nSPS) is 13.7. The van der Waals surface area contributed by atoms with Gasteiger partial charge in [0.25, 0.3) is 0 Å². The molecule has 0 N–H and O–H groups in total. The molecule has 4 nitrogen and oxygen atoms in total. The van der Waals surface area contributed by atoms with Gasteiger partial charge in [-0.25, -0.2) is 0 Å². The molecule has 3 heterocycles. The second-order valence-corrected chi connectivity index (χ2v) is 10.2. The number of benzene rings is 5. The lowest BCUT2D eigenvalue weighted by Gasteiger charge is -2.37. The third-order valence-electron chi connectivity index (χ3n) is 7.83. The Morgan fingerprint density at radius 1 is 0.683 bits per heavy atom. The molecule has 0 spiro atoms. The molecule has 6 aromatic rings. The summed E-state index contributed by atoms with van der Waals surface area (Å²) in [5.41, 5.74) is 8.99. The highest BCUT2D eigenvalue weighted by Gasteiger charge is 2.34. The number of ether oxygens (including phenoxy) is 2. The molecular weight excluding hydrogens is 506 g/mol. The molecule has 0 radical (unpaired) electrons. The van der Waals surface area contributed by atoms with Gasteiger partial charge in [-0.15, -0.1) is 0 Å². The van der Waals surface area contributed by atoms with E-state index in [0.29, 0.717) is 0 Å². The maximum Gasteiger partial charge on any atom is 0.155 e. The van der Waals surface area contributed by atoms with Crippen molar-refractivity contribution in [3.8, 4) is 23.0 Å².